The molecular formula is C21H17Br2O2S+. The number of carbonyl (C=O) groups excluding carboxylic acids is 1. The minimum absolute atomic E-state index is 0.223. The molecule has 2 unspecified atom stereocenters. The molecule has 0 N–H and O–H groups in total. The summed E-state index contributed by atoms with van der Waals surface area (Å²) in [5.41, 5.74) is 0. The van der Waals surface area contributed by atoms with E-state index in [1.54, 1.807) is 6.92 Å². The summed E-state index contributed by atoms with van der Waals surface area (Å²) >= 11 is 6.73. The van der Waals surface area contributed by atoms with Gasteiger partial charge in [-0.1, -0.05) is 50.1 Å². The number of esters is 1. The molecule has 3 aromatic rings. The number of halogens is 2. The molecule has 0 fully saturated rings. The Morgan fingerprint density at radius 3 is 1.88 bits per heavy atom. The van der Waals surface area contributed by atoms with Crippen molar-refractivity contribution in [2.45, 2.75) is 26.4 Å². The molecule has 0 spiro atoms. The van der Waals surface area contributed by atoms with Crippen molar-refractivity contribution in [3.05, 3.63) is 83.3 Å². The van der Waals surface area contributed by atoms with Gasteiger partial charge in [0.25, 0.3) is 0 Å². The van der Waals surface area contributed by atoms with Gasteiger partial charge in [0.05, 0.1) is 10.9 Å². The minimum atomic E-state index is -0.330. The van der Waals surface area contributed by atoms with E-state index in [4.69, 9.17) is 4.74 Å². The largest absolute Gasteiger partial charge is 0.426 e. The smallest absolute Gasteiger partial charge is 0.324 e. The van der Waals surface area contributed by atoms with Crippen LogP contribution in [0.5, 0.6) is 5.75 Å². The van der Waals surface area contributed by atoms with E-state index in [1.165, 1.54) is 14.7 Å². The third kappa shape index (κ3) is 4.78. The zero-order valence-electron chi connectivity index (χ0n) is 14.1. The van der Waals surface area contributed by atoms with E-state index in [0.717, 1.165) is 4.47 Å². The average molecular weight is 493 g/mol. The molecule has 132 valence electrons. The molecular weight excluding hydrogens is 476 g/mol. The molecule has 3 rings (SSSR count). The van der Waals surface area contributed by atoms with Crippen LogP contribution < -0.4 is 4.74 Å². The third-order valence-corrected chi connectivity index (χ3v) is 6.76. The first-order chi connectivity index (χ1) is 12.5. The van der Waals surface area contributed by atoms with Crippen LogP contribution in [0.15, 0.2) is 98.0 Å². The fourth-order valence-corrected chi connectivity index (χ4v) is 4.80. The second kappa shape index (κ2) is 8.89. The maximum Gasteiger partial charge on any atom is 0.324 e. The maximum absolute atomic E-state index is 11.7. The summed E-state index contributed by atoms with van der Waals surface area (Å²) in [7, 11) is -0.223. The Morgan fingerprint density at radius 1 is 0.846 bits per heavy atom. The van der Waals surface area contributed by atoms with Crippen LogP contribution in [-0.2, 0) is 15.7 Å². The number of ether oxygens (including phenoxy) is 1. The average Bonchev–Trinajstić information content (AvgIpc) is 2.66. The Bertz CT molecular complexity index is 863. The molecule has 0 aliphatic carbocycles. The molecule has 0 radical (unpaired) electrons. The predicted octanol–water partition coefficient (Wildman–Crippen LogP) is 6.23. The molecule has 26 heavy (non-hydrogen) atoms. The quantitative estimate of drug-likeness (QED) is 0.182. The van der Waals surface area contributed by atoms with E-state index in [1.807, 2.05) is 30.3 Å². The molecule has 0 saturated heterocycles. The highest BCUT2D eigenvalue weighted by Gasteiger charge is 2.28. The van der Waals surface area contributed by atoms with Crippen LogP contribution in [0.1, 0.15) is 6.92 Å². The summed E-state index contributed by atoms with van der Waals surface area (Å²) in [6.45, 7) is 1.75. The molecule has 2 nitrogen and oxygen atoms in total. The lowest BCUT2D eigenvalue weighted by molar-refractivity contribution is -0.133. The highest BCUT2D eigenvalue weighted by Crippen LogP contribution is 2.32. The summed E-state index contributed by atoms with van der Waals surface area (Å²) < 4.78 is 6.41. The van der Waals surface area contributed by atoms with E-state index in [2.05, 4.69) is 80.4 Å². The van der Waals surface area contributed by atoms with Crippen LogP contribution in [0.2, 0.25) is 0 Å². The number of alkyl halides is 1. The predicted molar refractivity (Wildman–Crippen MR) is 113 cm³/mol. The molecule has 0 bridgehead atoms. The van der Waals surface area contributed by atoms with E-state index < -0.39 is 0 Å². The molecule has 0 aromatic heterocycles. The highest BCUT2D eigenvalue weighted by molar-refractivity contribution is 9.10. The van der Waals surface area contributed by atoms with Crippen LogP contribution in [0.4, 0.5) is 0 Å². The van der Waals surface area contributed by atoms with Gasteiger partial charge in [0, 0.05) is 4.47 Å². The van der Waals surface area contributed by atoms with Gasteiger partial charge in [0.15, 0.2) is 14.7 Å². The first kappa shape index (κ1) is 19.2. The first-order valence-corrected chi connectivity index (χ1v) is 11.0. The van der Waals surface area contributed by atoms with Crippen molar-refractivity contribution in [3.8, 4) is 5.75 Å². The van der Waals surface area contributed by atoms with Gasteiger partial charge in [0.1, 0.15) is 10.6 Å². The topological polar surface area (TPSA) is 26.3 Å². The summed E-state index contributed by atoms with van der Waals surface area (Å²) in [4.78, 5) is 15.1. The third-order valence-electron chi connectivity index (χ3n) is 3.63. The van der Waals surface area contributed by atoms with Crippen molar-refractivity contribution < 1.29 is 9.53 Å². The van der Waals surface area contributed by atoms with Gasteiger partial charge in [-0.05, 0) is 67.6 Å². The Hall–Kier alpha value is -1.56. The molecule has 0 amide bonds. The van der Waals surface area contributed by atoms with E-state index in [0.29, 0.717) is 5.75 Å². The molecule has 2 atom stereocenters. The first-order valence-electron chi connectivity index (χ1n) is 8.05. The van der Waals surface area contributed by atoms with Gasteiger partial charge in [0.2, 0.25) is 0 Å². The monoisotopic (exact) mass is 491 g/mol. The van der Waals surface area contributed by atoms with Gasteiger partial charge in [-0.15, -0.1) is 0 Å². The molecule has 0 heterocycles. The van der Waals surface area contributed by atoms with Gasteiger partial charge in [-0.25, -0.2) is 0 Å². The summed E-state index contributed by atoms with van der Waals surface area (Å²) in [6.07, 6.45) is 0. The Kier molecular flexibility index (Phi) is 6.57. The lowest BCUT2D eigenvalue weighted by Gasteiger charge is -2.09. The van der Waals surface area contributed by atoms with Crippen LogP contribution in [0.25, 0.3) is 0 Å². The van der Waals surface area contributed by atoms with Crippen molar-refractivity contribution in [2.24, 2.45) is 0 Å². The van der Waals surface area contributed by atoms with Crippen molar-refractivity contribution in [1.29, 1.82) is 0 Å². The maximum atomic E-state index is 11.7. The zero-order valence-corrected chi connectivity index (χ0v) is 18.1. The summed E-state index contributed by atoms with van der Waals surface area (Å²) in [5.74, 6) is 0.255. The van der Waals surface area contributed by atoms with Crippen molar-refractivity contribution in [3.63, 3.8) is 0 Å². The number of rotatable bonds is 5. The molecule has 5 heteroatoms. The van der Waals surface area contributed by atoms with E-state index in [9.17, 15) is 4.79 Å². The van der Waals surface area contributed by atoms with Crippen LogP contribution in [0, 0.1) is 0 Å². The van der Waals surface area contributed by atoms with Gasteiger partial charge < -0.3 is 4.74 Å². The fraction of sp³-hybridized carbons (Fsp3) is 0.0952. The summed E-state index contributed by atoms with van der Waals surface area (Å²) in [6, 6.07) is 26.6. The normalized spacial score (nSPS) is 13.0. The van der Waals surface area contributed by atoms with E-state index in [-0.39, 0.29) is 21.7 Å². The number of carbonyl (C=O) groups is 1. The summed E-state index contributed by atoms with van der Waals surface area (Å²) in [5, 5.41) is 0. The lowest BCUT2D eigenvalue weighted by atomic mass is 10.3. The molecule has 0 saturated carbocycles. The molecule has 0 aliphatic rings. The molecule has 0 aliphatic heterocycles. The van der Waals surface area contributed by atoms with Crippen LogP contribution >= 0.6 is 31.9 Å². The van der Waals surface area contributed by atoms with Gasteiger partial charge in [-0.3, -0.25) is 4.79 Å². The number of benzene rings is 3. The Morgan fingerprint density at radius 2 is 1.35 bits per heavy atom. The Labute approximate surface area is 173 Å². The van der Waals surface area contributed by atoms with Gasteiger partial charge in [-0.2, -0.15) is 0 Å². The van der Waals surface area contributed by atoms with Crippen LogP contribution in [0.3, 0.4) is 0 Å². The van der Waals surface area contributed by atoms with Crippen molar-refractivity contribution in [1.82, 2.24) is 0 Å². The second-order valence-electron chi connectivity index (χ2n) is 5.58. The SMILES string of the molecule is CC(Br)C(=O)Oc1ccc([S+](c2ccccc2)c2ccc(Br)cc2)cc1. The van der Waals surface area contributed by atoms with Gasteiger partial charge >= 0.3 is 5.97 Å². The van der Waals surface area contributed by atoms with Crippen molar-refractivity contribution in [2.75, 3.05) is 0 Å². The van der Waals surface area contributed by atoms with Crippen molar-refractivity contribution >= 4 is 48.7 Å². The Balaban J connectivity index is 1.95. The van der Waals surface area contributed by atoms with Crippen LogP contribution in [-0.4, -0.2) is 10.8 Å². The molecule has 3 aromatic carbocycles. The fourth-order valence-electron chi connectivity index (χ4n) is 2.38. The number of hydrogen-bond donors (Lipinski definition) is 0. The standard InChI is InChI=1S/C21H17Br2O2S/c1-15(22)21(24)25-17-9-13-20(14-10-17)26(18-5-3-2-4-6-18)19-11-7-16(23)8-12-19/h2-15H,1H3/q+1. The zero-order chi connectivity index (χ0) is 18.5. The minimum Gasteiger partial charge on any atom is -0.426 e. The highest BCUT2D eigenvalue weighted by atomic mass is 79.9. The lowest BCUT2D eigenvalue weighted by Crippen LogP contribution is -2.17. The van der Waals surface area contributed by atoms with E-state index >= 15 is 0 Å². The second-order valence-corrected chi connectivity index (χ2v) is 9.90. The number of hydrogen-bond acceptors (Lipinski definition) is 2.